The maximum Gasteiger partial charge on any atom is 0.0499 e. The summed E-state index contributed by atoms with van der Waals surface area (Å²) in [5.41, 5.74) is 2.79. The normalized spacial score (nSPS) is 14.4. The standard InChI is InChI=1S/C16H27NO/c1-5-6-15-7-9-16(10-8-15)14(3)17-11-13(2)12-18-4/h7-10,13-14,17H,5-6,11-12H2,1-4H3. The van der Waals surface area contributed by atoms with Gasteiger partial charge < -0.3 is 10.1 Å². The van der Waals surface area contributed by atoms with Gasteiger partial charge in [-0.2, -0.15) is 0 Å². The maximum absolute atomic E-state index is 5.14. The first kappa shape index (κ1) is 15.2. The number of nitrogens with one attached hydrogen (secondary N) is 1. The molecule has 0 fully saturated rings. The Balaban J connectivity index is 2.43. The van der Waals surface area contributed by atoms with Crippen molar-refractivity contribution in [3.05, 3.63) is 35.4 Å². The SMILES string of the molecule is CCCc1ccc(C(C)NCC(C)COC)cc1. The third-order valence-electron chi connectivity index (χ3n) is 3.24. The predicted molar refractivity (Wildman–Crippen MR) is 77.9 cm³/mol. The molecule has 2 atom stereocenters. The van der Waals surface area contributed by atoms with Crippen molar-refractivity contribution >= 4 is 0 Å². The lowest BCUT2D eigenvalue weighted by molar-refractivity contribution is 0.157. The zero-order chi connectivity index (χ0) is 13.4. The first-order valence-corrected chi connectivity index (χ1v) is 6.98. The van der Waals surface area contributed by atoms with Crippen LogP contribution in [-0.2, 0) is 11.2 Å². The molecular weight excluding hydrogens is 222 g/mol. The minimum absolute atomic E-state index is 0.403. The van der Waals surface area contributed by atoms with Crippen LogP contribution in [0.15, 0.2) is 24.3 Å². The highest BCUT2D eigenvalue weighted by atomic mass is 16.5. The first-order valence-electron chi connectivity index (χ1n) is 6.98. The molecule has 0 heterocycles. The lowest BCUT2D eigenvalue weighted by Crippen LogP contribution is -2.26. The Hall–Kier alpha value is -0.860. The van der Waals surface area contributed by atoms with Gasteiger partial charge in [-0.25, -0.2) is 0 Å². The number of rotatable bonds is 8. The summed E-state index contributed by atoms with van der Waals surface area (Å²) >= 11 is 0. The molecule has 2 nitrogen and oxygen atoms in total. The van der Waals surface area contributed by atoms with Crippen LogP contribution in [0.5, 0.6) is 0 Å². The molecule has 1 aromatic rings. The summed E-state index contributed by atoms with van der Waals surface area (Å²) in [5, 5.41) is 3.55. The van der Waals surface area contributed by atoms with Crippen molar-refractivity contribution in [3.63, 3.8) is 0 Å². The van der Waals surface area contributed by atoms with Gasteiger partial charge in [-0.15, -0.1) is 0 Å². The van der Waals surface area contributed by atoms with Crippen molar-refractivity contribution in [2.45, 2.75) is 39.7 Å². The van der Waals surface area contributed by atoms with Crippen molar-refractivity contribution in [2.75, 3.05) is 20.3 Å². The minimum Gasteiger partial charge on any atom is -0.384 e. The van der Waals surface area contributed by atoms with E-state index in [0.717, 1.165) is 13.2 Å². The summed E-state index contributed by atoms with van der Waals surface area (Å²) in [5.74, 6) is 0.553. The topological polar surface area (TPSA) is 21.3 Å². The molecule has 18 heavy (non-hydrogen) atoms. The quantitative estimate of drug-likeness (QED) is 0.760. The summed E-state index contributed by atoms with van der Waals surface area (Å²) in [6.45, 7) is 8.44. The predicted octanol–water partition coefficient (Wildman–Crippen LogP) is 3.57. The fraction of sp³-hybridized carbons (Fsp3) is 0.625. The van der Waals surface area contributed by atoms with Crippen molar-refractivity contribution in [3.8, 4) is 0 Å². The van der Waals surface area contributed by atoms with E-state index in [0.29, 0.717) is 12.0 Å². The maximum atomic E-state index is 5.14. The number of benzene rings is 1. The molecular formula is C16H27NO. The second kappa shape index (κ2) is 8.28. The number of ether oxygens (including phenoxy) is 1. The van der Waals surface area contributed by atoms with Gasteiger partial charge in [-0.3, -0.25) is 0 Å². The Labute approximate surface area is 112 Å². The van der Waals surface area contributed by atoms with Gasteiger partial charge >= 0.3 is 0 Å². The van der Waals surface area contributed by atoms with Gasteiger partial charge in [0.1, 0.15) is 0 Å². The van der Waals surface area contributed by atoms with Gasteiger partial charge in [0.25, 0.3) is 0 Å². The molecule has 1 aromatic carbocycles. The van der Waals surface area contributed by atoms with E-state index >= 15 is 0 Å². The second-order valence-electron chi connectivity index (χ2n) is 5.18. The van der Waals surface area contributed by atoms with Crippen LogP contribution in [-0.4, -0.2) is 20.3 Å². The number of hydrogen-bond donors (Lipinski definition) is 1. The van der Waals surface area contributed by atoms with Crippen LogP contribution in [0.4, 0.5) is 0 Å². The smallest absolute Gasteiger partial charge is 0.0499 e. The number of aryl methyl sites for hydroxylation is 1. The highest BCUT2D eigenvalue weighted by Crippen LogP contribution is 2.14. The molecule has 2 unspecified atom stereocenters. The third-order valence-corrected chi connectivity index (χ3v) is 3.24. The third kappa shape index (κ3) is 5.19. The molecule has 0 aliphatic rings. The first-order chi connectivity index (χ1) is 8.67. The van der Waals surface area contributed by atoms with E-state index in [9.17, 15) is 0 Å². The van der Waals surface area contributed by atoms with Crippen LogP contribution < -0.4 is 5.32 Å². The van der Waals surface area contributed by atoms with Crippen LogP contribution in [0.3, 0.4) is 0 Å². The van der Waals surface area contributed by atoms with E-state index in [1.807, 2.05) is 0 Å². The Morgan fingerprint density at radius 3 is 2.39 bits per heavy atom. The lowest BCUT2D eigenvalue weighted by Gasteiger charge is -2.18. The molecule has 0 spiro atoms. The molecule has 1 N–H and O–H groups in total. The van der Waals surface area contributed by atoms with Gasteiger partial charge in [0.15, 0.2) is 0 Å². The molecule has 0 bridgehead atoms. The molecule has 102 valence electrons. The fourth-order valence-electron chi connectivity index (χ4n) is 2.10. The number of methoxy groups -OCH3 is 1. The summed E-state index contributed by atoms with van der Waals surface area (Å²) in [4.78, 5) is 0. The Kier molecular flexibility index (Phi) is 6.99. The van der Waals surface area contributed by atoms with Crippen LogP contribution in [0, 0.1) is 5.92 Å². The highest BCUT2D eigenvalue weighted by Gasteiger charge is 2.07. The van der Waals surface area contributed by atoms with E-state index in [-0.39, 0.29) is 0 Å². The highest BCUT2D eigenvalue weighted by molar-refractivity contribution is 5.24. The number of hydrogen-bond acceptors (Lipinski definition) is 2. The molecule has 2 heteroatoms. The minimum atomic E-state index is 0.403. The molecule has 0 saturated carbocycles. The monoisotopic (exact) mass is 249 g/mol. The van der Waals surface area contributed by atoms with E-state index in [4.69, 9.17) is 4.74 Å². The summed E-state index contributed by atoms with van der Waals surface area (Å²) in [7, 11) is 1.76. The molecule has 0 saturated heterocycles. The van der Waals surface area contributed by atoms with Gasteiger partial charge in [0.05, 0.1) is 0 Å². The van der Waals surface area contributed by atoms with Crippen LogP contribution in [0.1, 0.15) is 44.4 Å². The van der Waals surface area contributed by atoms with Gasteiger partial charge in [-0.1, -0.05) is 44.5 Å². The average molecular weight is 249 g/mol. The molecule has 0 aromatic heterocycles. The Morgan fingerprint density at radius 2 is 1.83 bits per heavy atom. The van der Waals surface area contributed by atoms with Crippen LogP contribution >= 0.6 is 0 Å². The average Bonchev–Trinajstić information content (AvgIpc) is 2.37. The zero-order valence-corrected chi connectivity index (χ0v) is 12.2. The van der Waals surface area contributed by atoms with Crippen molar-refractivity contribution < 1.29 is 4.74 Å². The summed E-state index contributed by atoms with van der Waals surface area (Å²) in [6, 6.07) is 9.37. The van der Waals surface area contributed by atoms with Crippen molar-refractivity contribution in [1.29, 1.82) is 0 Å². The molecule has 1 rings (SSSR count). The Bertz CT molecular complexity index is 320. The molecule has 0 amide bonds. The van der Waals surface area contributed by atoms with E-state index < -0.39 is 0 Å². The largest absolute Gasteiger partial charge is 0.384 e. The second-order valence-corrected chi connectivity index (χ2v) is 5.18. The van der Waals surface area contributed by atoms with E-state index in [1.54, 1.807) is 7.11 Å². The summed E-state index contributed by atoms with van der Waals surface area (Å²) in [6.07, 6.45) is 2.38. The zero-order valence-electron chi connectivity index (χ0n) is 12.2. The van der Waals surface area contributed by atoms with Gasteiger partial charge in [0, 0.05) is 26.3 Å². The van der Waals surface area contributed by atoms with Crippen molar-refractivity contribution in [1.82, 2.24) is 5.32 Å². The van der Waals surface area contributed by atoms with E-state index in [2.05, 4.69) is 50.4 Å². The molecule has 0 radical (unpaired) electrons. The van der Waals surface area contributed by atoms with Crippen molar-refractivity contribution in [2.24, 2.45) is 5.92 Å². The fourth-order valence-corrected chi connectivity index (χ4v) is 2.10. The van der Waals surface area contributed by atoms with Gasteiger partial charge in [-0.05, 0) is 30.4 Å². The van der Waals surface area contributed by atoms with Crippen LogP contribution in [0.2, 0.25) is 0 Å². The van der Waals surface area contributed by atoms with Crippen LogP contribution in [0.25, 0.3) is 0 Å². The lowest BCUT2D eigenvalue weighted by atomic mass is 10.0. The molecule has 0 aliphatic heterocycles. The van der Waals surface area contributed by atoms with Gasteiger partial charge in [0.2, 0.25) is 0 Å². The van der Waals surface area contributed by atoms with E-state index in [1.165, 1.54) is 24.0 Å². The summed E-state index contributed by atoms with van der Waals surface area (Å²) < 4.78 is 5.14. The Morgan fingerprint density at radius 1 is 1.17 bits per heavy atom. The molecule has 0 aliphatic carbocycles.